The van der Waals surface area contributed by atoms with Gasteiger partial charge in [0.2, 0.25) is 0 Å². The van der Waals surface area contributed by atoms with Crippen molar-refractivity contribution < 1.29 is 9.84 Å². The van der Waals surface area contributed by atoms with Gasteiger partial charge in [-0.3, -0.25) is 4.79 Å². The molecule has 4 aromatic rings. The molecule has 0 bridgehead atoms. The van der Waals surface area contributed by atoms with Crippen LogP contribution >= 0.6 is 11.3 Å². The molecule has 5 heteroatoms. The number of hydrogen-bond donors (Lipinski definition) is 1. The minimum Gasteiger partial charge on any atom is -0.457 e. The molecule has 5 rings (SSSR count). The zero-order chi connectivity index (χ0) is 20.2. The van der Waals surface area contributed by atoms with Gasteiger partial charge in [-0.2, -0.15) is 0 Å². The highest BCUT2D eigenvalue weighted by Gasteiger charge is 2.42. The molecular weight excluding hydrogens is 382 g/mol. The van der Waals surface area contributed by atoms with E-state index in [0.29, 0.717) is 11.1 Å². The summed E-state index contributed by atoms with van der Waals surface area (Å²) in [7, 11) is 1.77. The van der Waals surface area contributed by atoms with E-state index in [1.807, 2.05) is 67.0 Å². The van der Waals surface area contributed by atoms with Gasteiger partial charge in [0.25, 0.3) is 5.56 Å². The summed E-state index contributed by atoms with van der Waals surface area (Å²) in [6, 6.07) is 15.7. The van der Waals surface area contributed by atoms with E-state index >= 15 is 0 Å². The Morgan fingerprint density at radius 3 is 2.55 bits per heavy atom. The minimum atomic E-state index is -0.744. The van der Waals surface area contributed by atoms with E-state index in [4.69, 9.17) is 4.74 Å². The number of nitrogens with zero attached hydrogens (tertiary/aromatic N) is 1. The number of hydrogen-bond acceptors (Lipinski definition) is 4. The largest absolute Gasteiger partial charge is 0.457 e. The average molecular weight is 404 g/mol. The number of rotatable bonds is 4. The van der Waals surface area contributed by atoms with Crippen LogP contribution in [-0.2, 0) is 12.6 Å². The number of ether oxygens (including phenoxy) is 1. The molecule has 0 saturated heterocycles. The fourth-order valence-corrected chi connectivity index (χ4v) is 4.55. The Morgan fingerprint density at radius 2 is 1.83 bits per heavy atom. The lowest BCUT2D eigenvalue weighted by molar-refractivity contribution is 0.151. The van der Waals surface area contributed by atoms with E-state index in [-0.39, 0.29) is 5.56 Å². The lowest BCUT2D eigenvalue weighted by Crippen LogP contribution is -2.15. The van der Waals surface area contributed by atoms with Crippen LogP contribution in [0.4, 0.5) is 0 Å². The third-order valence-electron chi connectivity index (χ3n) is 5.56. The Bertz CT molecular complexity index is 1280. The van der Waals surface area contributed by atoms with E-state index < -0.39 is 5.60 Å². The number of aromatic nitrogens is 1. The molecule has 0 spiro atoms. The van der Waals surface area contributed by atoms with Crippen molar-refractivity contribution in [2.24, 2.45) is 7.05 Å². The molecule has 1 saturated carbocycles. The van der Waals surface area contributed by atoms with E-state index in [1.54, 1.807) is 23.0 Å². The molecule has 0 radical (unpaired) electrons. The lowest BCUT2D eigenvalue weighted by atomic mass is 9.99. The van der Waals surface area contributed by atoms with Crippen molar-refractivity contribution in [2.75, 3.05) is 0 Å². The van der Waals surface area contributed by atoms with Gasteiger partial charge in [-0.15, -0.1) is 11.3 Å². The predicted molar refractivity (Wildman–Crippen MR) is 117 cm³/mol. The van der Waals surface area contributed by atoms with Crippen molar-refractivity contribution in [2.45, 2.75) is 25.4 Å². The lowest BCUT2D eigenvalue weighted by Gasteiger charge is -2.17. The van der Waals surface area contributed by atoms with Crippen LogP contribution in [0.2, 0.25) is 0 Å². The maximum absolute atomic E-state index is 12.5. The molecule has 4 nitrogen and oxygen atoms in total. The van der Waals surface area contributed by atoms with Gasteiger partial charge in [-0.1, -0.05) is 23.8 Å². The van der Waals surface area contributed by atoms with Crippen LogP contribution in [-0.4, -0.2) is 9.67 Å². The number of fused-ring (bicyclic) bond motifs is 1. The summed E-state index contributed by atoms with van der Waals surface area (Å²) in [6.07, 6.45) is 3.40. The van der Waals surface area contributed by atoms with Gasteiger partial charge in [0.15, 0.2) is 0 Å². The first-order valence-corrected chi connectivity index (χ1v) is 10.5. The molecule has 146 valence electrons. The summed E-state index contributed by atoms with van der Waals surface area (Å²) >= 11 is 1.55. The number of pyridine rings is 1. The van der Waals surface area contributed by atoms with Crippen molar-refractivity contribution in [3.8, 4) is 22.6 Å². The molecule has 29 heavy (non-hydrogen) atoms. The van der Waals surface area contributed by atoms with Gasteiger partial charge in [0, 0.05) is 29.1 Å². The number of aryl methyl sites for hydroxylation is 2. The highest BCUT2D eigenvalue weighted by molar-refractivity contribution is 7.17. The standard InChI is InChI=1S/C24H21NO3S/c1-15-3-6-17(7-4-15)28-21-8-5-16(24(27)10-11-24)13-19(21)20-14-25(2)23(26)18-9-12-29-22(18)20/h3-9,12-14,27H,10-11H2,1-2H3. The van der Waals surface area contributed by atoms with Gasteiger partial charge in [0.1, 0.15) is 11.5 Å². The maximum Gasteiger partial charge on any atom is 0.259 e. The monoisotopic (exact) mass is 403 g/mol. The Hall–Kier alpha value is -2.89. The van der Waals surface area contributed by atoms with Gasteiger partial charge in [-0.25, -0.2) is 0 Å². The van der Waals surface area contributed by atoms with Crippen LogP contribution in [0, 0.1) is 6.92 Å². The Kier molecular flexibility index (Phi) is 4.12. The second-order valence-electron chi connectivity index (χ2n) is 7.78. The Balaban J connectivity index is 1.71. The zero-order valence-corrected chi connectivity index (χ0v) is 17.1. The number of aliphatic hydroxyl groups is 1. The first-order valence-electron chi connectivity index (χ1n) is 9.63. The summed E-state index contributed by atoms with van der Waals surface area (Å²) < 4.78 is 8.78. The molecule has 2 aromatic heterocycles. The molecule has 0 unspecified atom stereocenters. The van der Waals surface area contributed by atoms with E-state index in [0.717, 1.165) is 40.0 Å². The van der Waals surface area contributed by atoms with Crippen LogP contribution < -0.4 is 10.3 Å². The molecule has 1 fully saturated rings. The summed E-state index contributed by atoms with van der Waals surface area (Å²) in [5.74, 6) is 1.46. The van der Waals surface area contributed by atoms with Gasteiger partial charge >= 0.3 is 0 Å². The van der Waals surface area contributed by atoms with Crippen LogP contribution in [0.25, 0.3) is 21.2 Å². The highest BCUT2D eigenvalue weighted by atomic mass is 32.1. The van der Waals surface area contributed by atoms with Crippen molar-refractivity contribution in [1.29, 1.82) is 0 Å². The summed E-state index contributed by atoms with van der Waals surface area (Å²) in [5, 5.41) is 13.3. The third-order valence-corrected chi connectivity index (χ3v) is 6.51. The first kappa shape index (κ1) is 18.2. The normalized spacial score (nSPS) is 14.9. The average Bonchev–Trinajstić information content (AvgIpc) is 3.27. The molecule has 1 N–H and O–H groups in total. The third kappa shape index (κ3) is 3.16. The van der Waals surface area contributed by atoms with Crippen molar-refractivity contribution in [3.05, 3.63) is 81.6 Å². The van der Waals surface area contributed by atoms with Gasteiger partial charge in [0.05, 0.1) is 11.0 Å². The topological polar surface area (TPSA) is 51.5 Å². The van der Waals surface area contributed by atoms with E-state index in [2.05, 4.69) is 0 Å². The molecule has 0 atom stereocenters. The van der Waals surface area contributed by atoms with Gasteiger partial charge in [-0.05, 0) is 61.0 Å². The zero-order valence-electron chi connectivity index (χ0n) is 16.3. The molecule has 0 amide bonds. The number of thiophene rings is 1. The fourth-order valence-electron chi connectivity index (χ4n) is 3.64. The van der Waals surface area contributed by atoms with Crippen molar-refractivity contribution in [1.82, 2.24) is 4.57 Å². The molecule has 0 aliphatic heterocycles. The van der Waals surface area contributed by atoms with Crippen molar-refractivity contribution >= 4 is 21.4 Å². The van der Waals surface area contributed by atoms with Gasteiger partial charge < -0.3 is 14.4 Å². The highest BCUT2D eigenvalue weighted by Crippen LogP contribution is 2.48. The van der Waals surface area contributed by atoms with Crippen LogP contribution in [0.5, 0.6) is 11.5 Å². The molecule has 1 aliphatic carbocycles. The fraction of sp³-hybridized carbons (Fsp3) is 0.208. The van der Waals surface area contributed by atoms with E-state index in [9.17, 15) is 9.90 Å². The molecular formula is C24H21NO3S. The Labute approximate surface area is 172 Å². The smallest absolute Gasteiger partial charge is 0.259 e. The first-order chi connectivity index (χ1) is 13.9. The Morgan fingerprint density at radius 1 is 1.07 bits per heavy atom. The summed E-state index contributed by atoms with van der Waals surface area (Å²) in [5.41, 5.74) is 3.12. The molecule has 1 aliphatic rings. The second kappa shape index (κ2) is 6.58. The summed E-state index contributed by atoms with van der Waals surface area (Å²) in [6.45, 7) is 2.04. The second-order valence-corrected chi connectivity index (χ2v) is 8.70. The maximum atomic E-state index is 12.5. The van der Waals surface area contributed by atoms with Crippen molar-refractivity contribution in [3.63, 3.8) is 0 Å². The quantitative estimate of drug-likeness (QED) is 0.500. The SMILES string of the molecule is Cc1ccc(Oc2ccc(C3(O)CC3)cc2-c2cn(C)c(=O)c3ccsc23)cc1. The molecule has 2 heterocycles. The van der Waals surface area contributed by atoms with E-state index in [1.165, 1.54) is 5.56 Å². The predicted octanol–water partition coefficient (Wildman–Crippen LogP) is 5.35. The molecule has 2 aromatic carbocycles. The minimum absolute atomic E-state index is 0.0111. The van der Waals surface area contributed by atoms with Crippen LogP contribution in [0.1, 0.15) is 24.0 Å². The number of benzene rings is 2. The van der Waals surface area contributed by atoms with Crippen LogP contribution in [0.3, 0.4) is 0 Å². The van der Waals surface area contributed by atoms with Crippen LogP contribution in [0.15, 0.2) is 64.9 Å². The summed E-state index contributed by atoms with van der Waals surface area (Å²) in [4.78, 5) is 12.5.